The normalized spacial score (nSPS) is 22.3. The quantitative estimate of drug-likeness (QED) is 0.410. The van der Waals surface area contributed by atoms with Crippen LogP contribution in [0.5, 0.6) is 5.75 Å². The number of ether oxygens (including phenoxy) is 2. The molecule has 7 rings (SSSR count). The lowest BCUT2D eigenvalue weighted by Gasteiger charge is -2.28. The van der Waals surface area contributed by atoms with E-state index in [1.807, 2.05) is 24.3 Å². The summed E-state index contributed by atoms with van der Waals surface area (Å²) in [5, 5.41) is 0. The zero-order valence-electron chi connectivity index (χ0n) is 21.3. The summed E-state index contributed by atoms with van der Waals surface area (Å²) < 4.78 is 27.9. The third-order valence-corrected chi connectivity index (χ3v) is 7.91. The second-order valence-corrected chi connectivity index (χ2v) is 10.3. The second-order valence-electron chi connectivity index (χ2n) is 10.3. The first kappa shape index (κ1) is 23.9. The number of morpholine rings is 1. The molecule has 198 valence electrons. The van der Waals surface area contributed by atoms with Crippen LogP contribution in [0.4, 0.5) is 9.18 Å². The van der Waals surface area contributed by atoms with Gasteiger partial charge in [0.1, 0.15) is 18.2 Å². The summed E-state index contributed by atoms with van der Waals surface area (Å²) in [5.41, 5.74) is 12.5. The van der Waals surface area contributed by atoms with Gasteiger partial charge in [0, 0.05) is 30.8 Å². The SMILES string of the molecule is NC(=O)/N=c1\[nH]c2cc(/C=C3\c4ccccc4COc4cc(F)ccc43)ccc2n1[C@@H]1C[C@@H]2COCCN2C1. The van der Waals surface area contributed by atoms with Crippen molar-refractivity contribution in [3.63, 3.8) is 0 Å². The topological polar surface area (TPSA) is 97.9 Å². The number of aromatic nitrogens is 2. The number of rotatable bonds is 2. The summed E-state index contributed by atoms with van der Waals surface area (Å²) in [6.07, 6.45) is 3.00. The number of imidazole rings is 1. The molecule has 4 aromatic rings. The molecule has 3 N–H and O–H groups in total. The summed E-state index contributed by atoms with van der Waals surface area (Å²) in [6, 6.07) is 18.6. The van der Waals surface area contributed by atoms with Crippen molar-refractivity contribution in [3.05, 3.63) is 94.4 Å². The van der Waals surface area contributed by atoms with Crippen LogP contribution in [0.15, 0.2) is 65.7 Å². The molecule has 0 aliphatic carbocycles. The van der Waals surface area contributed by atoms with Gasteiger partial charge in [0.2, 0.25) is 5.62 Å². The number of nitrogens with zero attached hydrogens (tertiary/aromatic N) is 3. The number of aromatic amines is 1. The van der Waals surface area contributed by atoms with Crippen LogP contribution < -0.4 is 16.1 Å². The van der Waals surface area contributed by atoms with Crippen LogP contribution in [-0.2, 0) is 11.3 Å². The predicted octanol–water partition coefficient (Wildman–Crippen LogP) is 4.21. The Bertz CT molecular complexity index is 1690. The molecular weight excluding hydrogens is 497 g/mol. The van der Waals surface area contributed by atoms with E-state index in [1.165, 1.54) is 12.1 Å². The summed E-state index contributed by atoms with van der Waals surface area (Å²) in [5.74, 6) is 0.178. The number of amides is 2. The van der Waals surface area contributed by atoms with Crippen molar-refractivity contribution >= 4 is 28.7 Å². The van der Waals surface area contributed by atoms with Gasteiger partial charge in [0.05, 0.1) is 30.3 Å². The Kier molecular flexibility index (Phi) is 5.82. The molecule has 0 radical (unpaired) electrons. The molecule has 1 aromatic heterocycles. The minimum absolute atomic E-state index is 0.139. The Morgan fingerprint density at radius 2 is 2.00 bits per heavy atom. The van der Waals surface area contributed by atoms with Crippen molar-refractivity contribution in [2.45, 2.75) is 25.1 Å². The number of nitrogens with two attached hydrogens (primary N) is 1. The van der Waals surface area contributed by atoms with Crippen LogP contribution in [0.2, 0.25) is 0 Å². The predicted molar refractivity (Wildman–Crippen MR) is 145 cm³/mol. The minimum atomic E-state index is -0.740. The highest BCUT2D eigenvalue weighted by Crippen LogP contribution is 2.38. The molecule has 3 aliphatic rings. The molecule has 0 bridgehead atoms. The smallest absolute Gasteiger partial charge is 0.341 e. The van der Waals surface area contributed by atoms with Gasteiger partial charge >= 0.3 is 6.03 Å². The average Bonchev–Trinajstić information content (AvgIpc) is 3.46. The molecule has 9 heteroatoms. The summed E-state index contributed by atoms with van der Waals surface area (Å²) >= 11 is 0. The standard InChI is InChI=1S/C30H28FN5O3/c31-20-6-7-24-25(23-4-2-1-3-19(23)16-39-28(24)13-20)11-18-5-8-27-26(12-18)33-30(34-29(32)37)36(27)21-14-22-17-38-10-9-35(22)15-21/h1-8,11-13,21-22H,9-10,14-17H2,(H3,32,33,34,37)/b25-11+/t21-,22-/m1/s1. The zero-order chi connectivity index (χ0) is 26.5. The van der Waals surface area contributed by atoms with Crippen molar-refractivity contribution in [3.8, 4) is 5.75 Å². The second kappa shape index (κ2) is 9.52. The molecule has 0 unspecified atom stereocenters. The number of fused-ring (bicyclic) bond motifs is 4. The molecule has 2 fully saturated rings. The van der Waals surface area contributed by atoms with E-state index in [9.17, 15) is 9.18 Å². The molecular formula is C30H28FN5O3. The average molecular weight is 526 g/mol. The number of halogens is 1. The lowest BCUT2D eigenvalue weighted by atomic mass is 9.92. The first-order chi connectivity index (χ1) is 19.0. The fourth-order valence-corrected chi connectivity index (χ4v) is 6.17. The number of primary amides is 1. The van der Waals surface area contributed by atoms with Gasteiger partial charge in [-0.25, -0.2) is 9.18 Å². The number of hydrogen-bond acceptors (Lipinski definition) is 4. The number of carbonyl (C=O) groups is 1. The number of nitrogens with one attached hydrogen (secondary N) is 1. The highest BCUT2D eigenvalue weighted by atomic mass is 19.1. The van der Waals surface area contributed by atoms with Gasteiger partial charge in [-0.2, -0.15) is 4.99 Å². The van der Waals surface area contributed by atoms with E-state index in [1.54, 1.807) is 6.07 Å². The van der Waals surface area contributed by atoms with Crippen molar-refractivity contribution < 1.29 is 18.7 Å². The summed E-state index contributed by atoms with van der Waals surface area (Å²) in [4.78, 5) is 21.7. The third kappa shape index (κ3) is 4.33. The Morgan fingerprint density at radius 3 is 2.87 bits per heavy atom. The fraction of sp³-hybridized carbons (Fsp3) is 0.267. The Labute approximate surface area is 224 Å². The van der Waals surface area contributed by atoms with Crippen LogP contribution >= 0.6 is 0 Å². The monoisotopic (exact) mass is 525 g/mol. The van der Waals surface area contributed by atoms with Gasteiger partial charge in [-0.05, 0) is 59.0 Å². The molecule has 8 nitrogen and oxygen atoms in total. The highest BCUT2D eigenvalue weighted by Gasteiger charge is 2.36. The molecule has 2 atom stereocenters. The lowest BCUT2D eigenvalue weighted by Crippen LogP contribution is -2.40. The largest absolute Gasteiger partial charge is 0.488 e. The van der Waals surface area contributed by atoms with E-state index in [-0.39, 0.29) is 11.9 Å². The Hall–Kier alpha value is -4.21. The molecule has 2 amide bonds. The molecule has 2 saturated heterocycles. The number of urea groups is 1. The zero-order valence-corrected chi connectivity index (χ0v) is 21.3. The van der Waals surface area contributed by atoms with Gasteiger partial charge in [-0.1, -0.05) is 30.3 Å². The maximum absolute atomic E-state index is 14.1. The molecule has 0 spiro atoms. The van der Waals surface area contributed by atoms with Crippen LogP contribution in [0.25, 0.3) is 22.7 Å². The van der Waals surface area contributed by atoms with Crippen LogP contribution in [0.1, 0.15) is 34.7 Å². The first-order valence-corrected chi connectivity index (χ1v) is 13.2. The van der Waals surface area contributed by atoms with E-state index in [0.29, 0.717) is 24.0 Å². The number of H-pyrrole nitrogens is 1. The van der Waals surface area contributed by atoms with Crippen molar-refractivity contribution in [1.29, 1.82) is 0 Å². The lowest BCUT2D eigenvalue weighted by molar-refractivity contribution is 0.0128. The molecule has 3 aromatic carbocycles. The van der Waals surface area contributed by atoms with Crippen LogP contribution in [-0.4, -0.2) is 52.8 Å². The molecule has 3 aliphatic heterocycles. The van der Waals surface area contributed by atoms with Crippen LogP contribution in [0, 0.1) is 5.82 Å². The van der Waals surface area contributed by atoms with Gasteiger partial charge < -0.3 is 24.8 Å². The highest BCUT2D eigenvalue weighted by molar-refractivity contribution is 5.95. The van der Waals surface area contributed by atoms with Gasteiger partial charge in [0.25, 0.3) is 0 Å². The van der Waals surface area contributed by atoms with Gasteiger partial charge in [-0.3, -0.25) is 4.90 Å². The fourth-order valence-electron chi connectivity index (χ4n) is 6.17. The number of benzene rings is 3. The van der Waals surface area contributed by atoms with Gasteiger partial charge in [0.15, 0.2) is 0 Å². The Balaban J connectivity index is 1.36. The van der Waals surface area contributed by atoms with Crippen molar-refractivity contribution in [2.75, 3.05) is 26.3 Å². The maximum Gasteiger partial charge on any atom is 0.341 e. The molecule has 0 saturated carbocycles. The van der Waals surface area contributed by atoms with E-state index >= 15 is 0 Å². The minimum Gasteiger partial charge on any atom is -0.488 e. The van der Waals surface area contributed by atoms with E-state index in [2.05, 4.69) is 43.7 Å². The summed E-state index contributed by atoms with van der Waals surface area (Å²) in [7, 11) is 0. The molecule has 4 heterocycles. The maximum atomic E-state index is 14.1. The number of carbonyl (C=O) groups excluding carboxylic acids is 1. The first-order valence-electron chi connectivity index (χ1n) is 13.2. The number of hydrogen-bond donors (Lipinski definition) is 2. The third-order valence-electron chi connectivity index (χ3n) is 7.91. The summed E-state index contributed by atoms with van der Waals surface area (Å²) in [6.45, 7) is 3.59. The van der Waals surface area contributed by atoms with E-state index in [4.69, 9.17) is 15.2 Å². The van der Waals surface area contributed by atoms with E-state index in [0.717, 1.165) is 71.6 Å². The Morgan fingerprint density at radius 1 is 1.10 bits per heavy atom. The van der Waals surface area contributed by atoms with Crippen LogP contribution in [0.3, 0.4) is 0 Å². The van der Waals surface area contributed by atoms with Crippen molar-refractivity contribution in [1.82, 2.24) is 14.5 Å². The van der Waals surface area contributed by atoms with Gasteiger partial charge in [-0.15, -0.1) is 0 Å². The molecule has 39 heavy (non-hydrogen) atoms. The van der Waals surface area contributed by atoms with Crippen molar-refractivity contribution in [2.24, 2.45) is 10.7 Å². The van der Waals surface area contributed by atoms with E-state index < -0.39 is 6.03 Å².